The standard InChI is InChI=1S/C6H2F13NO3S/c7-1(8,3(11,12)5(14,15)16)2(9,10)4(13,6(17,18)21)20-24(19,22)23/h20-21H. The van der Waals surface area contributed by atoms with Gasteiger partial charge in [0.05, 0.1) is 0 Å². The Hall–Kier alpha value is -1.04. The van der Waals surface area contributed by atoms with E-state index in [0.717, 1.165) is 0 Å². The van der Waals surface area contributed by atoms with Crippen molar-refractivity contribution in [3.05, 3.63) is 0 Å². The van der Waals surface area contributed by atoms with Crippen molar-refractivity contribution in [2.24, 2.45) is 0 Å². The van der Waals surface area contributed by atoms with Gasteiger partial charge in [-0.25, -0.2) is 4.39 Å². The number of alkyl halides is 12. The van der Waals surface area contributed by atoms with Crippen LogP contribution in [-0.2, 0) is 10.4 Å². The fourth-order valence-corrected chi connectivity index (χ4v) is 1.66. The van der Waals surface area contributed by atoms with Gasteiger partial charge in [-0.2, -0.15) is 56.7 Å². The summed E-state index contributed by atoms with van der Waals surface area (Å²) in [5.74, 6) is -31.4. The molecule has 1 atom stereocenters. The molecule has 0 saturated heterocycles. The van der Waals surface area contributed by atoms with Gasteiger partial charge in [0.25, 0.3) is 0 Å². The zero-order chi connectivity index (χ0) is 20.2. The van der Waals surface area contributed by atoms with Crippen LogP contribution in [0.15, 0.2) is 0 Å². The Balaban J connectivity index is 6.61. The molecule has 18 heteroatoms. The van der Waals surface area contributed by atoms with E-state index in [-0.39, 0.29) is 0 Å². The van der Waals surface area contributed by atoms with Gasteiger partial charge in [0.15, 0.2) is 0 Å². The lowest BCUT2D eigenvalue weighted by Crippen LogP contribution is -2.76. The maximum absolute atomic E-state index is 13.3. The van der Waals surface area contributed by atoms with Gasteiger partial charge in [-0.1, -0.05) is 3.89 Å². The van der Waals surface area contributed by atoms with Crippen molar-refractivity contribution in [3.8, 4) is 0 Å². The summed E-state index contributed by atoms with van der Waals surface area (Å²) >= 11 is 0. The fraction of sp³-hybridized carbons (Fsp3) is 1.00. The van der Waals surface area contributed by atoms with Crippen LogP contribution in [-0.4, -0.2) is 49.4 Å². The highest BCUT2D eigenvalue weighted by Crippen LogP contribution is 2.58. The molecule has 0 spiro atoms. The number of hydrogen-bond acceptors (Lipinski definition) is 3. The topological polar surface area (TPSA) is 66.4 Å². The van der Waals surface area contributed by atoms with Crippen molar-refractivity contribution in [1.29, 1.82) is 0 Å². The second-order valence-electron chi connectivity index (χ2n) is 3.96. The predicted octanol–water partition coefficient (Wildman–Crippen LogP) is 2.51. The molecule has 0 heterocycles. The highest BCUT2D eigenvalue weighted by atomic mass is 32.3. The van der Waals surface area contributed by atoms with Gasteiger partial charge in [0.1, 0.15) is 0 Å². The van der Waals surface area contributed by atoms with Gasteiger partial charge in [0.2, 0.25) is 0 Å². The summed E-state index contributed by atoms with van der Waals surface area (Å²) in [5, 5.41) is 7.73. The van der Waals surface area contributed by atoms with Gasteiger partial charge in [-0.3, -0.25) is 0 Å². The zero-order valence-electron chi connectivity index (χ0n) is 10.1. The molecule has 0 fully saturated rings. The maximum atomic E-state index is 13.3. The van der Waals surface area contributed by atoms with Gasteiger partial charge in [0, 0.05) is 0 Å². The van der Waals surface area contributed by atoms with Crippen LogP contribution in [0.25, 0.3) is 0 Å². The molecule has 0 aliphatic carbocycles. The Morgan fingerprint density at radius 1 is 0.667 bits per heavy atom. The number of halogens is 13. The maximum Gasteiger partial charge on any atom is 0.460 e. The first-order valence-electron chi connectivity index (χ1n) is 4.68. The molecule has 2 N–H and O–H groups in total. The lowest BCUT2D eigenvalue weighted by atomic mass is 9.95. The van der Waals surface area contributed by atoms with Crippen molar-refractivity contribution < 1.29 is 70.1 Å². The second kappa shape index (κ2) is 5.48. The molecule has 4 nitrogen and oxygen atoms in total. The molecule has 0 rings (SSSR count). The van der Waals surface area contributed by atoms with Gasteiger partial charge in [-0.15, -0.1) is 4.72 Å². The Kier molecular flexibility index (Phi) is 5.24. The Morgan fingerprint density at radius 3 is 1.21 bits per heavy atom. The van der Waals surface area contributed by atoms with Crippen LogP contribution in [0.3, 0.4) is 0 Å². The van der Waals surface area contributed by atoms with E-state index in [4.69, 9.17) is 5.11 Å². The number of nitrogens with one attached hydrogen (secondary N) is 1. The molecule has 0 aliphatic rings. The molecule has 146 valence electrons. The fourth-order valence-electron chi connectivity index (χ4n) is 1.07. The summed E-state index contributed by atoms with van der Waals surface area (Å²) in [4.78, 5) is 0. The van der Waals surface area contributed by atoms with Crippen molar-refractivity contribution in [2.45, 2.75) is 35.8 Å². The minimum Gasteiger partial charge on any atom is -0.332 e. The molecule has 1 unspecified atom stereocenters. The van der Waals surface area contributed by atoms with E-state index in [0.29, 0.717) is 0 Å². The van der Waals surface area contributed by atoms with E-state index in [1.54, 1.807) is 0 Å². The second-order valence-corrected chi connectivity index (χ2v) is 5.04. The minimum atomic E-state index is -8.11. The van der Waals surface area contributed by atoms with Crippen LogP contribution in [0.4, 0.5) is 56.6 Å². The molecular weight excluding hydrogens is 413 g/mol. The molecule has 0 aliphatic heterocycles. The molecule has 0 aromatic carbocycles. The quantitative estimate of drug-likeness (QED) is 0.398. The van der Waals surface area contributed by atoms with E-state index in [9.17, 15) is 65.0 Å². The van der Waals surface area contributed by atoms with Gasteiger partial charge < -0.3 is 5.11 Å². The SMILES string of the molecule is O=S(=O)(F)NC(F)(C(O)(F)F)C(F)(F)C(F)(F)C(F)(F)C(F)(F)F. The van der Waals surface area contributed by atoms with Crippen LogP contribution in [0.1, 0.15) is 0 Å². The average molecular weight is 415 g/mol. The molecule has 0 saturated carbocycles. The van der Waals surface area contributed by atoms with Crippen molar-refractivity contribution in [2.75, 3.05) is 0 Å². The Labute approximate surface area is 122 Å². The number of rotatable bonds is 6. The summed E-state index contributed by atoms with van der Waals surface area (Å²) in [7, 11) is -7.19. The van der Waals surface area contributed by atoms with Crippen molar-refractivity contribution in [3.63, 3.8) is 0 Å². The summed E-state index contributed by atoms with van der Waals surface area (Å²) in [6, 6.07) is 0. The van der Waals surface area contributed by atoms with Crippen LogP contribution in [0.5, 0.6) is 0 Å². The van der Waals surface area contributed by atoms with Crippen LogP contribution in [0.2, 0.25) is 0 Å². The summed E-state index contributed by atoms with van der Waals surface area (Å²) in [6.07, 6.45) is -14.7. The highest BCUT2D eigenvalue weighted by Gasteiger charge is 2.90. The largest absolute Gasteiger partial charge is 0.460 e. The van der Waals surface area contributed by atoms with E-state index >= 15 is 0 Å². The van der Waals surface area contributed by atoms with E-state index in [2.05, 4.69) is 0 Å². The first-order valence-corrected chi connectivity index (χ1v) is 6.07. The minimum absolute atomic E-state index is 1.25. The lowest BCUT2D eigenvalue weighted by Gasteiger charge is -2.41. The third-order valence-electron chi connectivity index (χ3n) is 2.25. The molecule has 0 aromatic heterocycles. The van der Waals surface area contributed by atoms with E-state index in [1.807, 2.05) is 0 Å². The Bertz CT molecular complexity index is 577. The number of aliphatic hydroxyl groups is 1. The molecular formula is C6H2F13NO3S. The summed E-state index contributed by atoms with van der Waals surface area (Å²) in [5.41, 5.74) is 0. The molecule has 0 bridgehead atoms. The zero-order valence-corrected chi connectivity index (χ0v) is 10.9. The van der Waals surface area contributed by atoms with Crippen molar-refractivity contribution >= 4 is 10.4 Å². The van der Waals surface area contributed by atoms with Crippen LogP contribution < -0.4 is 4.72 Å². The molecule has 24 heavy (non-hydrogen) atoms. The van der Waals surface area contributed by atoms with Gasteiger partial charge in [-0.05, 0) is 0 Å². The summed E-state index contributed by atoms with van der Waals surface area (Å²) < 4.78 is 180. The smallest absolute Gasteiger partial charge is 0.332 e. The first-order chi connectivity index (χ1) is 9.96. The normalized spacial score (nSPS) is 18.4. The average Bonchev–Trinajstić information content (AvgIpc) is 2.22. The molecule has 0 radical (unpaired) electrons. The summed E-state index contributed by atoms with van der Waals surface area (Å²) in [6.45, 7) is 0. The highest BCUT2D eigenvalue weighted by molar-refractivity contribution is 7.84. The van der Waals surface area contributed by atoms with Gasteiger partial charge >= 0.3 is 46.3 Å². The molecule has 0 aromatic rings. The lowest BCUT2D eigenvalue weighted by molar-refractivity contribution is -0.440. The van der Waals surface area contributed by atoms with Crippen LogP contribution in [0, 0.1) is 0 Å². The third kappa shape index (κ3) is 3.35. The predicted molar refractivity (Wildman–Crippen MR) is 45.1 cm³/mol. The number of hydrogen-bond donors (Lipinski definition) is 2. The van der Waals surface area contributed by atoms with E-state index in [1.165, 1.54) is 0 Å². The third-order valence-corrected chi connectivity index (χ3v) is 2.78. The van der Waals surface area contributed by atoms with Crippen LogP contribution >= 0.6 is 0 Å². The first kappa shape index (κ1) is 23.0. The molecule has 0 amide bonds. The Morgan fingerprint density at radius 2 is 1.00 bits per heavy atom. The monoisotopic (exact) mass is 415 g/mol. The van der Waals surface area contributed by atoms with Crippen molar-refractivity contribution in [1.82, 2.24) is 4.72 Å². The van der Waals surface area contributed by atoms with E-state index < -0.39 is 51.0 Å².